The average Bonchev–Trinajstić information content (AvgIpc) is 2.90. The molecule has 2 rings (SSSR count). The highest BCUT2D eigenvalue weighted by Crippen LogP contribution is 2.28. The smallest absolute Gasteiger partial charge is 0.376 e. The molecule has 6 nitrogen and oxygen atoms in total. The van der Waals surface area contributed by atoms with Crippen LogP contribution in [0.4, 0.5) is 0 Å². The summed E-state index contributed by atoms with van der Waals surface area (Å²) in [6.45, 7) is 3.78. The number of oxazole rings is 1. The molecule has 6 heteroatoms. The summed E-state index contributed by atoms with van der Waals surface area (Å²) in [5, 5.41) is 0. The molecule has 0 spiro atoms. The zero-order valence-corrected chi connectivity index (χ0v) is 12.2. The molecule has 0 radical (unpaired) electrons. The van der Waals surface area contributed by atoms with E-state index in [0.29, 0.717) is 0 Å². The van der Waals surface area contributed by atoms with Crippen molar-refractivity contribution in [3.63, 3.8) is 0 Å². The van der Waals surface area contributed by atoms with Gasteiger partial charge in [-0.1, -0.05) is 18.2 Å². The van der Waals surface area contributed by atoms with Crippen LogP contribution >= 0.6 is 0 Å². The molecule has 1 aromatic heterocycles. The molecule has 1 aromatic carbocycles. The lowest BCUT2D eigenvalue weighted by Gasteiger charge is -2.04. The minimum atomic E-state index is -0.777. The topological polar surface area (TPSA) is 78.6 Å². The highest BCUT2D eigenvalue weighted by Gasteiger charge is 2.28. The van der Waals surface area contributed by atoms with Crippen molar-refractivity contribution in [3.05, 3.63) is 40.8 Å². The lowest BCUT2D eigenvalue weighted by atomic mass is 10.0. The van der Waals surface area contributed by atoms with Gasteiger partial charge in [0.25, 0.3) is 0 Å². The first-order valence-corrected chi connectivity index (χ1v) is 6.23. The van der Waals surface area contributed by atoms with Gasteiger partial charge >= 0.3 is 11.9 Å². The molecular weight excluding hydrogens is 274 g/mol. The van der Waals surface area contributed by atoms with E-state index in [1.54, 1.807) is 0 Å². The fraction of sp³-hybridized carbons (Fsp3) is 0.267. The van der Waals surface area contributed by atoms with Crippen LogP contribution in [-0.4, -0.2) is 31.1 Å². The minimum Gasteiger partial charge on any atom is -0.464 e. The van der Waals surface area contributed by atoms with Crippen LogP contribution in [0.5, 0.6) is 0 Å². The summed E-state index contributed by atoms with van der Waals surface area (Å²) in [4.78, 5) is 27.5. The number of ether oxygens (including phenoxy) is 2. The second-order valence-electron chi connectivity index (χ2n) is 4.45. The molecule has 0 fully saturated rings. The first-order chi connectivity index (χ1) is 9.99. The summed E-state index contributed by atoms with van der Waals surface area (Å²) in [6.07, 6.45) is 0. The summed E-state index contributed by atoms with van der Waals surface area (Å²) in [5.74, 6) is -1.61. The van der Waals surface area contributed by atoms with Crippen LogP contribution in [0.3, 0.4) is 0 Å². The molecule has 1 heterocycles. The minimum absolute atomic E-state index is 0.186. The fourth-order valence-electron chi connectivity index (χ4n) is 2.04. The molecule has 0 saturated carbocycles. The number of carbonyl (C=O) groups is 2. The predicted octanol–water partition coefficient (Wildman–Crippen LogP) is 2.53. The number of rotatable bonds is 3. The zero-order valence-electron chi connectivity index (χ0n) is 12.2. The molecule has 0 aliphatic rings. The number of nitrogens with zero attached hydrogens (tertiary/aromatic N) is 1. The Hall–Kier alpha value is -2.63. The molecule has 110 valence electrons. The first kappa shape index (κ1) is 14.8. The first-order valence-electron chi connectivity index (χ1n) is 6.23. The maximum absolute atomic E-state index is 11.7. The number of aromatic nitrogens is 1. The Morgan fingerprint density at radius 2 is 1.62 bits per heavy atom. The van der Waals surface area contributed by atoms with Crippen molar-refractivity contribution in [1.82, 2.24) is 4.98 Å². The summed E-state index contributed by atoms with van der Waals surface area (Å²) in [6, 6.07) is 5.68. The van der Waals surface area contributed by atoms with E-state index in [1.165, 1.54) is 14.2 Å². The number of aryl methyl sites for hydroxylation is 2. The fourth-order valence-corrected chi connectivity index (χ4v) is 2.04. The molecule has 21 heavy (non-hydrogen) atoms. The van der Waals surface area contributed by atoms with Crippen LogP contribution in [0.15, 0.2) is 22.6 Å². The van der Waals surface area contributed by atoms with Gasteiger partial charge in [0.1, 0.15) is 0 Å². The van der Waals surface area contributed by atoms with Gasteiger partial charge in [0.15, 0.2) is 0 Å². The molecular formula is C15H15NO5. The molecule has 0 aliphatic carbocycles. The van der Waals surface area contributed by atoms with Gasteiger partial charge in [0.2, 0.25) is 17.3 Å². The van der Waals surface area contributed by atoms with E-state index in [4.69, 9.17) is 4.42 Å². The molecule has 0 N–H and O–H groups in total. The molecule has 0 bridgehead atoms. The van der Waals surface area contributed by atoms with E-state index in [9.17, 15) is 9.59 Å². The van der Waals surface area contributed by atoms with Crippen molar-refractivity contribution in [2.24, 2.45) is 0 Å². The molecule has 2 aromatic rings. The Balaban J connectivity index is 2.64. The van der Waals surface area contributed by atoms with Gasteiger partial charge in [-0.3, -0.25) is 0 Å². The summed E-state index contributed by atoms with van der Waals surface area (Å²) in [7, 11) is 2.40. The molecule has 0 atom stereocenters. The maximum atomic E-state index is 11.7. The second-order valence-corrected chi connectivity index (χ2v) is 4.45. The van der Waals surface area contributed by atoms with Crippen LogP contribution in [0.1, 0.15) is 32.2 Å². The standard InChI is InChI=1S/C15H15NO5/c1-8-6-5-7-9(2)10(8)13-16-11(14(17)19-3)12(21-13)15(18)20-4/h5-7H,1-4H3. The van der Waals surface area contributed by atoms with Crippen LogP contribution < -0.4 is 0 Å². The Morgan fingerprint density at radius 3 is 2.14 bits per heavy atom. The molecule has 0 amide bonds. The number of esters is 2. The Bertz CT molecular complexity index is 648. The van der Waals surface area contributed by atoms with E-state index in [0.717, 1.165) is 16.7 Å². The maximum Gasteiger partial charge on any atom is 0.376 e. The monoisotopic (exact) mass is 289 g/mol. The highest BCUT2D eigenvalue weighted by molar-refractivity contribution is 6.00. The third-order valence-electron chi connectivity index (χ3n) is 3.07. The second kappa shape index (κ2) is 5.78. The van der Waals surface area contributed by atoms with Gasteiger partial charge < -0.3 is 13.9 Å². The zero-order chi connectivity index (χ0) is 15.6. The van der Waals surface area contributed by atoms with Crippen LogP contribution in [0, 0.1) is 13.8 Å². The number of benzene rings is 1. The lowest BCUT2D eigenvalue weighted by Crippen LogP contribution is -2.10. The van der Waals surface area contributed by atoms with E-state index in [1.807, 2.05) is 32.0 Å². The van der Waals surface area contributed by atoms with E-state index < -0.39 is 11.9 Å². The van der Waals surface area contributed by atoms with Crippen molar-refractivity contribution in [3.8, 4) is 11.5 Å². The van der Waals surface area contributed by atoms with Gasteiger partial charge in [-0.15, -0.1) is 0 Å². The third kappa shape index (κ3) is 2.65. The quantitative estimate of drug-likeness (QED) is 0.808. The molecule has 0 saturated heterocycles. The Labute approximate surface area is 121 Å². The summed E-state index contributed by atoms with van der Waals surface area (Å²) >= 11 is 0. The Morgan fingerprint density at radius 1 is 1.05 bits per heavy atom. The third-order valence-corrected chi connectivity index (χ3v) is 3.07. The number of hydrogen-bond acceptors (Lipinski definition) is 6. The van der Waals surface area contributed by atoms with Gasteiger partial charge in [-0.05, 0) is 25.0 Å². The highest BCUT2D eigenvalue weighted by atomic mass is 16.5. The summed E-state index contributed by atoms with van der Waals surface area (Å²) in [5.41, 5.74) is 2.38. The van der Waals surface area contributed by atoms with Crippen LogP contribution in [0.2, 0.25) is 0 Å². The molecule has 0 unspecified atom stereocenters. The van der Waals surface area contributed by atoms with E-state index >= 15 is 0 Å². The number of hydrogen-bond donors (Lipinski definition) is 0. The average molecular weight is 289 g/mol. The summed E-state index contributed by atoms with van der Waals surface area (Å²) < 4.78 is 14.7. The van der Waals surface area contributed by atoms with E-state index in [2.05, 4.69) is 14.5 Å². The number of methoxy groups -OCH3 is 2. The van der Waals surface area contributed by atoms with E-state index in [-0.39, 0.29) is 17.3 Å². The van der Waals surface area contributed by atoms with Crippen LogP contribution in [0.25, 0.3) is 11.5 Å². The number of carbonyl (C=O) groups excluding carboxylic acids is 2. The van der Waals surface area contributed by atoms with Crippen molar-refractivity contribution < 1.29 is 23.5 Å². The van der Waals surface area contributed by atoms with Gasteiger partial charge in [-0.25, -0.2) is 14.6 Å². The van der Waals surface area contributed by atoms with Crippen LogP contribution in [-0.2, 0) is 9.47 Å². The lowest BCUT2D eigenvalue weighted by molar-refractivity contribution is 0.0527. The van der Waals surface area contributed by atoms with Gasteiger partial charge in [0, 0.05) is 5.56 Å². The SMILES string of the molecule is COC(=O)c1nc(-c2c(C)cccc2C)oc1C(=O)OC. The normalized spacial score (nSPS) is 10.3. The van der Waals surface area contributed by atoms with Gasteiger partial charge in [-0.2, -0.15) is 0 Å². The van der Waals surface area contributed by atoms with Crippen molar-refractivity contribution >= 4 is 11.9 Å². The van der Waals surface area contributed by atoms with Crippen molar-refractivity contribution in [2.45, 2.75) is 13.8 Å². The van der Waals surface area contributed by atoms with Crippen molar-refractivity contribution in [2.75, 3.05) is 14.2 Å². The largest absolute Gasteiger partial charge is 0.464 e. The van der Waals surface area contributed by atoms with Gasteiger partial charge in [0.05, 0.1) is 14.2 Å². The Kier molecular flexibility index (Phi) is 4.07. The molecule has 0 aliphatic heterocycles. The predicted molar refractivity (Wildman–Crippen MR) is 74.1 cm³/mol. The van der Waals surface area contributed by atoms with Crippen molar-refractivity contribution in [1.29, 1.82) is 0 Å².